The van der Waals surface area contributed by atoms with E-state index >= 15 is 0 Å². The van der Waals surface area contributed by atoms with Crippen LogP contribution in [0.25, 0.3) is 0 Å². The van der Waals surface area contributed by atoms with Crippen molar-refractivity contribution in [2.45, 2.75) is 31.6 Å². The van der Waals surface area contributed by atoms with Crippen LogP contribution < -0.4 is 0 Å². The van der Waals surface area contributed by atoms with Crippen molar-refractivity contribution in [2.24, 2.45) is 0 Å². The number of hydrogen-bond donors (Lipinski definition) is 0. The summed E-state index contributed by atoms with van der Waals surface area (Å²) in [5, 5.41) is 0. The normalized spacial score (nSPS) is 26.6. The lowest BCUT2D eigenvalue weighted by Crippen LogP contribution is -2.31. The summed E-state index contributed by atoms with van der Waals surface area (Å²) in [4.78, 5) is 11.6. The highest BCUT2D eigenvalue weighted by Gasteiger charge is 2.33. The van der Waals surface area contributed by atoms with Crippen molar-refractivity contribution in [3.8, 4) is 0 Å². The molecule has 2 nitrogen and oxygen atoms in total. The molecule has 0 fully saturated rings. The Kier molecular flexibility index (Phi) is 4.89. The molecule has 1 aliphatic rings. The standard InChI is InChI=1S/C10H16O2S2/c1-3-13-9-5-6-10(8-11,12-7-9)14-4-2/h7-8H,3-6H2,1-2H3/t10-/m1/s1. The first-order chi connectivity index (χ1) is 6.76. The van der Waals surface area contributed by atoms with Gasteiger partial charge in [0.15, 0.2) is 6.29 Å². The Labute approximate surface area is 93.8 Å². The summed E-state index contributed by atoms with van der Waals surface area (Å²) >= 11 is 3.37. The van der Waals surface area contributed by atoms with Gasteiger partial charge in [0.1, 0.15) is 0 Å². The van der Waals surface area contributed by atoms with E-state index in [-0.39, 0.29) is 0 Å². The summed E-state index contributed by atoms with van der Waals surface area (Å²) in [6.45, 7) is 4.16. The molecule has 14 heavy (non-hydrogen) atoms. The number of carbonyl (C=O) groups is 1. The SMILES string of the molecule is CCSC1=CO[C@@](C=O)(SCC)CC1. The molecule has 0 N–H and O–H groups in total. The Morgan fingerprint density at radius 2 is 2.36 bits per heavy atom. The van der Waals surface area contributed by atoms with Crippen LogP contribution in [0.1, 0.15) is 26.7 Å². The fourth-order valence-electron chi connectivity index (χ4n) is 1.34. The van der Waals surface area contributed by atoms with E-state index in [0.29, 0.717) is 0 Å². The maximum Gasteiger partial charge on any atom is 0.209 e. The molecule has 0 bridgehead atoms. The number of aldehydes is 1. The predicted molar refractivity (Wildman–Crippen MR) is 63.5 cm³/mol. The molecular formula is C10H16O2S2. The number of hydrogen-bond acceptors (Lipinski definition) is 4. The van der Waals surface area contributed by atoms with Crippen molar-refractivity contribution >= 4 is 29.8 Å². The second-order valence-electron chi connectivity index (χ2n) is 3.00. The third-order valence-corrected chi connectivity index (χ3v) is 4.14. The molecule has 0 spiro atoms. The van der Waals surface area contributed by atoms with Crippen LogP contribution in [0.4, 0.5) is 0 Å². The summed E-state index contributed by atoms with van der Waals surface area (Å²) in [6, 6.07) is 0. The van der Waals surface area contributed by atoms with E-state index in [1.54, 1.807) is 29.8 Å². The van der Waals surface area contributed by atoms with Gasteiger partial charge < -0.3 is 4.74 Å². The van der Waals surface area contributed by atoms with Gasteiger partial charge in [-0.3, -0.25) is 4.79 Å². The third-order valence-electron chi connectivity index (χ3n) is 2.01. The Bertz CT molecular complexity index is 228. The fourth-order valence-corrected chi connectivity index (χ4v) is 3.00. The molecule has 0 aromatic rings. The molecule has 1 atom stereocenters. The van der Waals surface area contributed by atoms with E-state index < -0.39 is 4.93 Å². The van der Waals surface area contributed by atoms with Gasteiger partial charge in [-0.05, 0) is 17.9 Å². The van der Waals surface area contributed by atoms with E-state index in [4.69, 9.17) is 4.74 Å². The van der Waals surface area contributed by atoms with E-state index in [1.165, 1.54) is 4.91 Å². The van der Waals surface area contributed by atoms with Crippen molar-refractivity contribution < 1.29 is 9.53 Å². The third kappa shape index (κ3) is 2.95. The molecule has 0 amide bonds. The first-order valence-electron chi connectivity index (χ1n) is 4.86. The number of rotatable bonds is 5. The molecule has 0 saturated carbocycles. The Balaban J connectivity index is 2.57. The van der Waals surface area contributed by atoms with Crippen LogP contribution in [0.5, 0.6) is 0 Å². The quantitative estimate of drug-likeness (QED) is 0.681. The van der Waals surface area contributed by atoms with E-state index in [1.807, 2.05) is 6.92 Å². The van der Waals surface area contributed by atoms with Crippen molar-refractivity contribution in [3.63, 3.8) is 0 Å². The van der Waals surface area contributed by atoms with Crippen LogP contribution in [0.3, 0.4) is 0 Å². The predicted octanol–water partition coefficient (Wildman–Crippen LogP) is 3.04. The molecule has 0 aromatic carbocycles. The minimum atomic E-state index is -0.605. The van der Waals surface area contributed by atoms with Crippen LogP contribution >= 0.6 is 23.5 Å². The number of carbonyl (C=O) groups excluding carboxylic acids is 1. The molecule has 0 aromatic heterocycles. The van der Waals surface area contributed by atoms with Crippen LogP contribution in [0.15, 0.2) is 11.2 Å². The largest absolute Gasteiger partial charge is 0.476 e. The van der Waals surface area contributed by atoms with Gasteiger partial charge in [-0.25, -0.2) is 0 Å². The number of ether oxygens (including phenoxy) is 1. The molecular weight excluding hydrogens is 216 g/mol. The zero-order chi connectivity index (χ0) is 10.4. The zero-order valence-electron chi connectivity index (χ0n) is 8.62. The fraction of sp³-hybridized carbons (Fsp3) is 0.700. The maximum absolute atomic E-state index is 11.0. The topological polar surface area (TPSA) is 26.3 Å². The molecule has 0 saturated heterocycles. The average molecular weight is 232 g/mol. The van der Waals surface area contributed by atoms with Gasteiger partial charge in [-0.1, -0.05) is 13.8 Å². The maximum atomic E-state index is 11.0. The molecule has 0 radical (unpaired) electrons. The second-order valence-corrected chi connectivity index (χ2v) is 5.95. The Hall–Kier alpha value is -0.0900. The summed E-state index contributed by atoms with van der Waals surface area (Å²) < 4.78 is 5.53. The van der Waals surface area contributed by atoms with Crippen molar-refractivity contribution in [3.05, 3.63) is 11.2 Å². The molecule has 0 unspecified atom stereocenters. The molecule has 0 aliphatic carbocycles. The number of allylic oxidation sites excluding steroid dienone is 1. The highest BCUT2D eigenvalue weighted by atomic mass is 32.2. The highest BCUT2D eigenvalue weighted by Crippen LogP contribution is 2.38. The van der Waals surface area contributed by atoms with Crippen molar-refractivity contribution in [1.29, 1.82) is 0 Å². The van der Waals surface area contributed by atoms with Crippen LogP contribution in [0, 0.1) is 0 Å². The van der Waals surface area contributed by atoms with Gasteiger partial charge in [0.25, 0.3) is 0 Å². The second kappa shape index (κ2) is 5.71. The lowest BCUT2D eigenvalue weighted by atomic mass is 10.2. The van der Waals surface area contributed by atoms with Gasteiger partial charge in [0.2, 0.25) is 4.93 Å². The Morgan fingerprint density at radius 1 is 1.57 bits per heavy atom. The first kappa shape index (κ1) is 12.0. The van der Waals surface area contributed by atoms with Gasteiger partial charge >= 0.3 is 0 Å². The number of thioether (sulfide) groups is 2. The minimum Gasteiger partial charge on any atom is -0.476 e. The van der Waals surface area contributed by atoms with E-state index in [2.05, 4.69) is 6.92 Å². The van der Waals surface area contributed by atoms with Crippen molar-refractivity contribution in [2.75, 3.05) is 11.5 Å². The van der Waals surface area contributed by atoms with Crippen LogP contribution in [-0.2, 0) is 9.53 Å². The van der Waals surface area contributed by atoms with E-state index in [0.717, 1.165) is 30.6 Å². The van der Waals surface area contributed by atoms with Crippen LogP contribution in [-0.4, -0.2) is 22.7 Å². The van der Waals surface area contributed by atoms with Crippen molar-refractivity contribution in [1.82, 2.24) is 0 Å². The van der Waals surface area contributed by atoms with E-state index in [9.17, 15) is 4.79 Å². The summed E-state index contributed by atoms with van der Waals surface area (Å²) in [5.74, 6) is 1.97. The highest BCUT2D eigenvalue weighted by molar-refractivity contribution is 8.03. The average Bonchev–Trinajstić information content (AvgIpc) is 2.22. The molecule has 1 rings (SSSR count). The Morgan fingerprint density at radius 3 is 2.79 bits per heavy atom. The summed E-state index contributed by atoms with van der Waals surface area (Å²) in [7, 11) is 0. The van der Waals surface area contributed by atoms with Gasteiger partial charge in [-0.2, -0.15) is 0 Å². The molecule has 80 valence electrons. The summed E-state index contributed by atoms with van der Waals surface area (Å²) in [6.07, 6.45) is 4.46. The minimum absolute atomic E-state index is 0.605. The lowest BCUT2D eigenvalue weighted by molar-refractivity contribution is -0.118. The van der Waals surface area contributed by atoms with Gasteiger partial charge in [0.05, 0.1) is 6.26 Å². The zero-order valence-corrected chi connectivity index (χ0v) is 10.2. The lowest BCUT2D eigenvalue weighted by Gasteiger charge is -2.30. The molecule has 1 heterocycles. The van der Waals surface area contributed by atoms with Gasteiger partial charge in [0, 0.05) is 11.3 Å². The first-order valence-corrected chi connectivity index (χ1v) is 6.83. The monoisotopic (exact) mass is 232 g/mol. The summed E-state index contributed by atoms with van der Waals surface area (Å²) in [5.41, 5.74) is 0. The van der Waals surface area contributed by atoms with Gasteiger partial charge in [-0.15, -0.1) is 23.5 Å². The van der Waals surface area contributed by atoms with Crippen LogP contribution in [0.2, 0.25) is 0 Å². The molecule has 1 aliphatic heterocycles. The molecule has 4 heteroatoms. The smallest absolute Gasteiger partial charge is 0.209 e.